The topological polar surface area (TPSA) is 97.9 Å². The van der Waals surface area contributed by atoms with Crippen molar-refractivity contribution >= 4 is 29.1 Å². The van der Waals surface area contributed by atoms with Crippen LogP contribution < -0.4 is 25.6 Å². The van der Waals surface area contributed by atoms with E-state index in [1.54, 1.807) is 48.5 Å². The van der Waals surface area contributed by atoms with Crippen LogP contribution in [-0.4, -0.2) is 43.9 Å². The summed E-state index contributed by atoms with van der Waals surface area (Å²) in [6, 6.07) is 13.3. The Hall–Kier alpha value is -3.17. The molecule has 0 radical (unpaired) electrons. The van der Waals surface area contributed by atoms with Crippen LogP contribution in [0.25, 0.3) is 0 Å². The molecule has 2 amide bonds. The Morgan fingerprint density at radius 1 is 0.966 bits per heavy atom. The third kappa shape index (κ3) is 7.05. The largest absolute Gasteiger partial charge is 0.496 e. The molecule has 0 aliphatic rings. The van der Waals surface area contributed by atoms with Crippen molar-refractivity contribution in [2.24, 2.45) is 0 Å². The van der Waals surface area contributed by atoms with Crippen LogP contribution in [0.5, 0.6) is 11.5 Å². The highest BCUT2D eigenvalue weighted by atomic mass is 32.1. The van der Waals surface area contributed by atoms with Crippen molar-refractivity contribution in [2.45, 2.75) is 6.92 Å². The first-order valence-corrected chi connectivity index (χ1v) is 9.31. The highest BCUT2D eigenvalue weighted by molar-refractivity contribution is 7.80. The van der Waals surface area contributed by atoms with Gasteiger partial charge in [-0.1, -0.05) is 12.1 Å². The van der Waals surface area contributed by atoms with Gasteiger partial charge in [-0.3, -0.25) is 25.8 Å². The van der Waals surface area contributed by atoms with E-state index in [1.807, 2.05) is 6.92 Å². The molecule has 0 fully saturated rings. The zero-order valence-electron chi connectivity index (χ0n) is 16.2. The number of para-hydroxylation sites is 1. The molecule has 0 saturated carbocycles. The summed E-state index contributed by atoms with van der Waals surface area (Å²) in [4.78, 5) is 24.4. The smallest absolute Gasteiger partial charge is 0.273 e. The van der Waals surface area contributed by atoms with Gasteiger partial charge >= 0.3 is 0 Å². The number of carbonyl (C=O) groups is 2. The van der Waals surface area contributed by atoms with Crippen LogP contribution in [0.2, 0.25) is 0 Å². The molecule has 0 aliphatic carbocycles. The van der Waals surface area contributed by atoms with Crippen LogP contribution in [0.4, 0.5) is 0 Å². The quantitative estimate of drug-likeness (QED) is 0.344. The molecular weight excluding hydrogens is 394 g/mol. The predicted molar refractivity (Wildman–Crippen MR) is 112 cm³/mol. The van der Waals surface area contributed by atoms with E-state index in [-0.39, 0.29) is 5.11 Å². The standard InChI is InChI=1S/C20H23N3O5S/c1-3-27-12-13-28-15-10-8-14(9-11-15)18(24)21-20(29)23-22-19(25)16-6-4-5-7-17(16)26-2/h4-11H,3,12-13H2,1-2H3,(H,22,25)(H2,21,23,24,29). The number of ether oxygens (including phenoxy) is 3. The molecule has 0 unspecified atom stereocenters. The number of benzene rings is 2. The van der Waals surface area contributed by atoms with E-state index in [1.165, 1.54) is 7.11 Å². The van der Waals surface area contributed by atoms with Crippen molar-refractivity contribution in [3.63, 3.8) is 0 Å². The van der Waals surface area contributed by atoms with Crippen molar-refractivity contribution in [2.75, 3.05) is 26.9 Å². The molecule has 2 rings (SSSR count). The lowest BCUT2D eigenvalue weighted by molar-refractivity contribution is 0.0932. The molecule has 2 aromatic rings. The highest BCUT2D eigenvalue weighted by Crippen LogP contribution is 2.16. The molecule has 29 heavy (non-hydrogen) atoms. The molecule has 0 heterocycles. The Balaban J connectivity index is 1.81. The second-order valence-electron chi connectivity index (χ2n) is 5.63. The maximum atomic E-state index is 12.2. The molecule has 0 aliphatic heterocycles. The Morgan fingerprint density at radius 2 is 1.69 bits per heavy atom. The fraction of sp³-hybridized carbons (Fsp3) is 0.250. The predicted octanol–water partition coefficient (Wildman–Crippen LogP) is 2.06. The molecule has 0 spiro atoms. The van der Waals surface area contributed by atoms with Gasteiger partial charge in [0.25, 0.3) is 11.8 Å². The SMILES string of the molecule is CCOCCOc1ccc(C(=O)NC(=S)NNC(=O)c2ccccc2OC)cc1. The van der Waals surface area contributed by atoms with Gasteiger partial charge in [0.15, 0.2) is 5.11 Å². The lowest BCUT2D eigenvalue weighted by Gasteiger charge is -2.12. The summed E-state index contributed by atoms with van der Waals surface area (Å²) in [6.07, 6.45) is 0. The van der Waals surface area contributed by atoms with E-state index in [0.717, 1.165) is 0 Å². The highest BCUT2D eigenvalue weighted by Gasteiger charge is 2.12. The number of carbonyl (C=O) groups excluding carboxylic acids is 2. The second-order valence-corrected chi connectivity index (χ2v) is 6.04. The molecule has 0 aromatic heterocycles. The minimum Gasteiger partial charge on any atom is -0.496 e. The summed E-state index contributed by atoms with van der Waals surface area (Å²) in [6.45, 7) is 3.48. The summed E-state index contributed by atoms with van der Waals surface area (Å²) in [5.74, 6) is 0.179. The monoisotopic (exact) mass is 417 g/mol. The second kappa shape index (κ2) is 11.6. The normalized spacial score (nSPS) is 10.0. The van der Waals surface area contributed by atoms with Gasteiger partial charge in [-0.2, -0.15) is 0 Å². The van der Waals surface area contributed by atoms with E-state index >= 15 is 0 Å². The minimum absolute atomic E-state index is 0.0460. The number of rotatable bonds is 8. The van der Waals surface area contributed by atoms with Gasteiger partial charge in [-0.05, 0) is 55.5 Å². The maximum Gasteiger partial charge on any atom is 0.273 e. The summed E-state index contributed by atoms with van der Waals surface area (Å²) in [7, 11) is 1.47. The summed E-state index contributed by atoms with van der Waals surface area (Å²) < 4.78 is 15.8. The first-order valence-electron chi connectivity index (χ1n) is 8.90. The van der Waals surface area contributed by atoms with Crippen LogP contribution in [-0.2, 0) is 4.74 Å². The fourth-order valence-corrected chi connectivity index (χ4v) is 2.43. The number of methoxy groups -OCH3 is 1. The van der Waals surface area contributed by atoms with E-state index in [2.05, 4.69) is 16.2 Å². The third-order valence-electron chi connectivity index (χ3n) is 3.69. The van der Waals surface area contributed by atoms with Gasteiger partial charge in [0.05, 0.1) is 19.3 Å². The van der Waals surface area contributed by atoms with Crippen LogP contribution in [0, 0.1) is 0 Å². The van der Waals surface area contributed by atoms with Crippen molar-refractivity contribution in [1.29, 1.82) is 0 Å². The molecule has 0 atom stereocenters. The van der Waals surface area contributed by atoms with E-state index in [4.69, 9.17) is 26.4 Å². The van der Waals surface area contributed by atoms with Crippen LogP contribution in [0.3, 0.4) is 0 Å². The van der Waals surface area contributed by atoms with Crippen molar-refractivity contribution in [1.82, 2.24) is 16.2 Å². The van der Waals surface area contributed by atoms with Gasteiger partial charge < -0.3 is 14.2 Å². The zero-order valence-corrected chi connectivity index (χ0v) is 17.0. The van der Waals surface area contributed by atoms with Gasteiger partial charge in [-0.15, -0.1) is 0 Å². The summed E-state index contributed by atoms with van der Waals surface area (Å²) >= 11 is 5.04. The lowest BCUT2D eigenvalue weighted by atomic mass is 10.2. The number of amides is 2. The average molecular weight is 417 g/mol. The average Bonchev–Trinajstić information content (AvgIpc) is 2.75. The van der Waals surface area contributed by atoms with E-state index < -0.39 is 11.8 Å². The first-order chi connectivity index (χ1) is 14.0. The van der Waals surface area contributed by atoms with E-state index in [0.29, 0.717) is 42.4 Å². The maximum absolute atomic E-state index is 12.2. The molecule has 0 saturated heterocycles. The number of thiocarbonyl (C=S) groups is 1. The third-order valence-corrected chi connectivity index (χ3v) is 3.89. The molecule has 8 nitrogen and oxygen atoms in total. The first kappa shape index (κ1) is 22.1. The van der Waals surface area contributed by atoms with Crippen LogP contribution >= 0.6 is 12.2 Å². The summed E-state index contributed by atoms with van der Waals surface area (Å²) in [5.41, 5.74) is 5.63. The molecule has 154 valence electrons. The van der Waals surface area contributed by atoms with Crippen molar-refractivity contribution in [3.05, 3.63) is 59.7 Å². The Bertz CT molecular complexity index is 842. The van der Waals surface area contributed by atoms with Gasteiger partial charge in [0, 0.05) is 12.2 Å². The Kier molecular flexibility index (Phi) is 8.87. The van der Waals surface area contributed by atoms with Gasteiger partial charge in [0.1, 0.15) is 18.1 Å². The van der Waals surface area contributed by atoms with E-state index in [9.17, 15) is 9.59 Å². The minimum atomic E-state index is -0.451. The Labute approximate surface area is 174 Å². The molecule has 2 aromatic carbocycles. The molecule has 3 N–H and O–H groups in total. The molecule has 9 heteroatoms. The fourth-order valence-electron chi connectivity index (χ4n) is 2.28. The lowest BCUT2D eigenvalue weighted by Crippen LogP contribution is -2.48. The van der Waals surface area contributed by atoms with Gasteiger partial charge in [0.2, 0.25) is 0 Å². The molecule has 0 bridgehead atoms. The number of hydrazine groups is 1. The number of hydrogen-bond acceptors (Lipinski definition) is 6. The molecular formula is C20H23N3O5S. The van der Waals surface area contributed by atoms with Crippen LogP contribution in [0.15, 0.2) is 48.5 Å². The Morgan fingerprint density at radius 3 is 2.38 bits per heavy atom. The number of nitrogens with one attached hydrogen (secondary N) is 3. The number of hydrogen-bond donors (Lipinski definition) is 3. The summed E-state index contributed by atoms with van der Waals surface area (Å²) in [5, 5.41) is 2.44. The zero-order chi connectivity index (χ0) is 21.1. The van der Waals surface area contributed by atoms with Crippen LogP contribution in [0.1, 0.15) is 27.6 Å². The van der Waals surface area contributed by atoms with Gasteiger partial charge in [-0.25, -0.2) is 0 Å². The van der Waals surface area contributed by atoms with Crippen molar-refractivity contribution in [3.8, 4) is 11.5 Å². The van der Waals surface area contributed by atoms with Crippen molar-refractivity contribution < 1.29 is 23.8 Å².